The molecule has 1 N–H and O–H groups in total. The molecule has 1 aromatic rings. The second-order valence-corrected chi connectivity index (χ2v) is 5.48. The molecule has 112 valence electrons. The van der Waals surface area contributed by atoms with E-state index < -0.39 is 0 Å². The van der Waals surface area contributed by atoms with Crippen molar-refractivity contribution < 1.29 is 5.11 Å². The van der Waals surface area contributed by atoms with Crippen molar-refractivity contribution in [3.05, 3.63) is 40.5 Å². The van der Waals surface area contributed by atoms with Crippen molar-refractivity contribution in [2.24, 2.45) is 9.98 Å². The van der Waals surface area contributed by atoms with Crippen LogP contribution in [0.4, 0.5) is 0 Å². The molecule has 1 aliphatic carbocycles. The third kappa shape index (κ3) is 3.60. The van der Waals surface area contributed by atoms with Gasteiger partial charge in [-0.3, -0.25) is 4.99 Å². The monoisotopic (exact) mass is 284 g/mol. The minimum atomic E-state index is 0.467. The third-order valence-electron chi connectivity index (χ3n) is 3.87. The summed E-state index contributed by atoms with van der Waals surface area (Å²) in [5.41, 5.74) is 4.17. The fraction of sp³-hybridized carbons (Fsp3) is 0.444. The Bertz CT molecular complexity index is 591. The summed E-state index contributed by atoms with van der Waals surface area (Å²) in [7, 11) is 1.76. The minimum Gasteiger partial charge on any atom is -0.507 e. The molecule has 2 rings (SSSR count). The normalized spacial score (nSPS) is 15.4. The number of aliphatic hydroxyl groups is 1. The van der Waals surface area contributed by atoms with E-state index >= 15 is 0 Å². The van der Waals surface area contributed by atoms with E-state index in [1.165, 1.54) is 12.0 Å². The molecular weight excluding hydrogens is 260 g/mol. The van der Waals surface area contributed by atoms with E-state index in [-0.39, 0.29) is 0 Å². The van der Waals surface area contributed by atoms with Crippen molar-refractivity contribution >= 4 is 17.8 Å². The van der Waals surface area contributed by atoms with Crippen LogP contribution >= 0.6 is 0 Å². The van der Waals surface area contributed by atoms with Gasteiger partial charge in [-0.25, -0.2) is 4.99 Å². The third-order valence-corrected chi connectivity index (χ3v) is 3.87. The maximum atomic E-state index is 10.3. The second-order valence-electron chi connectivity index (χ2n) is 5.48. The van der Waals surface area contributed by atoms with Crippen molar-refractivity contribution in [2.45, 2.75) is 46.0 Å². The SMILES string of the molecule is CCC/C=N\C(=N/C)c1ccc(C(O)=C2CCC2)c(C)c1. The van der Waals surface area contributed by atoms with Gasteiger partial charge in [-0.15, -0.1) is 0 Å². The quantitative estimate of drug-likeness (QED) is 0.486. The van der Waals surface area contributed by atoms with Gasteiger partial charge in [0, 0.05) is 24.4 Å². The molecule has 0 atom stereocenters. The fourth-order valence-electron chi connectivity index (χ4n) is 2.39. The number of nitrogens with zero attached hydrogens (tertiary/aromatic N) is 2. The van der Waals surface area contributed by atoms with Crippen molar-refractivity contribution in [3.8, 4) is 0 Å². The van der Waals surface area contributed by atoms with Crippen molar-refractivity contribution in [2.75, 3.05) is 7.05 Å². The number of hydrogen-bond donors (Lipinski definition) is 1. The van der Waals surface area contributed by atoms with Crippen LogP contribution in [0.2, 0.25) is 0 Å². The van der Waals surface area contributed by atoms with Gasteiger partial charge in [-0.1, -0.05) is 25.5 Å². The highest BCUT2D eigenvalue weighted by atomic mass is 16.3. The Morgan fingerprint density at radius 2 is 2.10 bits per heavy atom. The van der Waals surface area contributed by atoms with Crippen LogP contribution in [-0.4, -0.2) is 24.2 Å². The lowest BCUT2D eigenvalue weighted by Crippen LogP contribution is -2.04. The molecule has 0 aliphatic heterocycles. The molecule has 1 aromatic carbocycles. The Morgan fingerprint density at radius 1 is 1.33 bits per heavy atom. The Balaban J connectivity index is 2.26. The molecule has 1 saturated carbocycles. The lowest BCUT2D eigenvalue weighted by Gasteiger charge is -2.19. The predicted molar refractivity (Wildman–Crippen MR) is 90.4 cm³/mol. The number of aliphatic imine (C=N–C) groups is 2. The molecule has 0 unspecified atom stereocenters. The first-order valence-corrected chi connectivity index (χ1v) is 7.69. The second kappa shape index (κ2) is 7.21. The van der Waals surface area contributed by atoms with E-state index in [0.717, 1.165) is 48.2 Å². The lowest BCUT2D eigenvalue weighted by atomic mass is 9.88. The highest BCUT2D eigenvalue weighted by Crippen LogP contribution is 2.33. The van der Waals surface area contributed by atoms with Crippen molar-refractivity contribution in [1.82, 2.24) is 0 Å². The maximum Gasteiger partial charge on any atom is 0.153 e. The van der Waals surface area contributed by atoms with Gasteiger partial charge in [-0.2, -0.15) is 0 Å². The zero-order valence-corrected chi connectivity index (χ0v) is 13.2. The van der Waals surface area contributed by atoms with Crippen LogP contribution in [0.1, 0.15) is 55.7 Å². The molecule has 3 nitrogen and oxygen atoms in total. The highest BCUT2D eigenvalue weighted by Gasteiger charge is 2.17. The average Bonchev–Trinajstić information content (AvgIpc) is 2.41. The van der Waals surface area contributed by atoms with Gasteiger partial charge in [0.05, 0.1) is 0 Å². The van der Waals surface area contributed by atoms with Gasteiger partial charge in [0.1, 0.15) is 5.76 Å². The zero-order chi connectivity index (χ0) is 15.2. The van der Waals surface area contributed by atoms with Crippen LogP contribution in [0.25, 0.3) is 5.76 Å². The number of benzene rings is 1. The number of rotatable bonds is 4. The molecule has 1 fully saturated rings. The van der Waals surface area contributed by atoms with Gasteiger partial charge in [0.25, 0.3) is 0 Å². The summed E-state index contributed by atoms with van der Waals surface area (Å²) in [4.78, 5) is 8.68. The van der Waals surface area contributed by atoms with E-state index in [0.29, 0.717) is 5.76 Å². The predicted octanol–water partition coefficient (Wildman–Crippen LogP) is 4.70. The minimum absolute atomic E-state index is 0.467. The highest BCUT2D eigenvalue weighted by molar-refractivity contribution is 6.03. The van der Waals surface area contributed by atoms with Crippen LogP contribution in [-0.2, 0) is 0 Å². The van der Waals surface area contributed by atoms with Gasteiger partial charge in [0.15, 0.2) is 5.84 Å². The maximum absolute atomic E-state index is 10.3. The molecular formula is C18H24N2O. The van der Waals surface area contributed by atoms with E-state index in [4.69, 9.17) is 0 Å². The number of aliphatic hydroxyl groups excluding tert-OH is 1. The molecule has 0 spiro atoms. The number of hydrogen-bond acceptors (Lipinski definition) is 2. The Labute approximate surface area is 127 Å². The number of amidine groups is 1. The number of unbranched alkanes of at least 4 members (excludes halogenated alkanes) is 1. The van der Waals surface area contributed by atoms with Gasteiger partial charge >= 0.3 is 0 Å². The Morgan fingerprint density at radius 3 is 2.62 bits per heavy atom. The first-order chi connectivity index (χ1) is 10.2. The van der Waals surface area contributed by atoms with Gasteiger partial charge < -0.3 is 5.11 Å². The molecule has 0 aromatic heterocycles. The molecule has 0 saturated heterocycles. The molecule has 21 heavy (non-hydrogen) atoms. The lowest BCUT2D eigenvalue weighted by molar-refractivity contribution is 0.485. The summed E-state index contributed by atoms with van der Waals surface area (Å²) >= 11 is 0. The molecule has 1 aliphatic rings. The van der Waals surface area contributed by atoms with E-state index in [1.807, 2.05) is 25.3 Å². The van der Waals surface area contributed by atoms with Crippen LogP contribution in [0, 0.1) is 6.92 Å². The first kappa shape index (κ1) is 15.5. The first-order valence-electron chi connectivity index (χ1n) is 7.69. The summed E-state index contributed by atoms with van der Waals surface area (Å²) in [6, 6.07) is 6.02. The van der Waals surface area contributed by atoms with Crippen LogP contribution in [0.3, 0.4) is 0 Å². The van der Waals surface area contributed by atoms with Crippen LogP contribution in [0.15, 0.2) is 33.8 Å². The van der Waals surface area contributed by atoms with Crippen molar-refractivity contribution in [1.29, 1.82) is 0 Å². The summed E-state index contributed by atoms with van der Waals surface area (Å²) in [6.45, 7) is 4.15. The summed E-state index contributed by atoms with van der Waals surface area (Å²) in [6.07, 6.45) is 7.20. The Hall–Kier alpha value is -1.90. The largest absolute Gasteiger partial charge is 0.507 e. The summed E-state index contributed by atoms with van der Waals surface area (Å²) in [5.74, 6) is 1.21. The van der Waals surface area contributed by atoms with Gasteiger partial charge in [0.2, 0.25) is 0 Å². The van der Waals surface area contributed by atoms with Crippen molar-refractivity contribution in [3.63, 3.8) is 0 Å². The topological polar surface area (TPSA) is 45.0 Å². The molecule has 0 amide bonds. The summed E-state index contributed by atoms with van der Waals surface area (Å²) < 4.78 is 0. The molecule has 0 heterocycles. The zero-order valence-electron chi connectivity index (χ0n) is 13.2. The van der Waals surface area contributed by atoms with Crippen LogP contribution in [0.5, 0.6) is 0 Å². The molecule has 0 radical (unpaired) electrons. The standard InChI is InChI=1S/C18H24N2O/c1-4-5-11-20-18(19-3)15-9-10-16(13(2)12-15)17(21)14-7-6-8-14/h9-12,21H,4-8H2,1-3H3/b19-18-,20-11-. The molecule has 0 bridgehead atoms. The van der Waals surface area contributed by atoms with E-state index in [9.17, 15) is 5.11 Å². The number of allylic oxidation sites excluding steroid dienone is 1. The van der Waals surface area contributed by atoms with E-state index in [1.54, 1.807) is 7.05 Å². The van der Waals surface area contributed by atoms with Crippen LogP contribution < -0.4 is 0 Å². The van der Waals surface area contributed by atoms with E-state index in [2.05, 4.69) is 23.0 Å². The summed E-state index contributed by atoms with van der Waals surface area (Å²) in [5, 5.41) is 10.3. The fourth-order valence-corrected chi connectivity index (χ4v) is 2.39. The Kier molecular flexibility index (Phi) is 5.32. The van der Waals surface area contributed by atoms with Gasteiger partial charge in [-0.05, 0) is 49.8 Å². The average molecular weight is 284 g/mol. The molecule has 3 heteroatoms. The smallest absolute Gasteiger partial charge is 0.153 e. The number of aryl methyl sites for hydroxylation is 1.